The fraction of sp³-hybridized carbons (Fsp3) is 0.500. The molecule has 3 heterocycles. The van der Waals surface area contributed by atoms with Gasteiger partial charge in [-0.15, -0.1) is 0 Å². The van der Waals surface area contributed by atoms with Crippen molar-refractivity contribution in [1.29, 1.82) is 0 Å². The van der Waals surface area contributed by atoms with E-state index in [2.05, 4.69) is 9.97 Å². The molecule has 0 amide bonds. The van der Waals surface area contributed by atoms with Crippen molar-refractivity contribution in [1.82, 2.24) is 14.5 Å². The molecular weight excluding hydrogens is 286 g/mol. The van der Waals surface area contributed by atoms with Crippen molar-refractivity contribution in [2.24, 2.45) is 0 Å². The molecule has 1 fully saturated rings. The van der Waals surface area contributed by atoms with E-state index in [1.807, 2.05) is 0 Å². The topological polar surface area (TPSA) is 106 Å². The van der Waals surface area contributed by atoms with Crippen LogP contribution in [0.1, 0.15) is 6.23 Å². The summed E-state index contributed by atoms with van der Waals surface area (Å²) in [5.74, 6) is 0. The lowest BCUT2D eigenvalue weighted by atomic mass is 9.97. The number of aliphatic hydroxyl groups excluding tert-OH is 2. The SMILES string of the molecule is Nc1ccnc2c1ncn2C1O[C@H](CO)[C@@H](O)[C@]1(F)CF. The van der Waals surface area contributed by atoms with E-state index in [4.69, 9.17) is 15.6 Å². The molecule has 1 aliphatic rings. The zero-order valence-electron chi connectivity index (χ0n) is 10.9. The van der Waals surface area contributed by atoms with Gasteiger partial charge in [-0.1, -0.05) is 0 Å². The Bertz CT molecular complexity index is 667. The molecule has 1 aliphatic heterocycles. The van der Waals surface area contributed by atoms with Crippen molar-refractivity contribution in [3.63, 3.8) is 0 Å². The van der Waals surface area contributed by atoms with Crippen LogP contribution in [0.3, 0.4) is 0 Å². The molecule has 0 aromatic carbocycles. The first-order valence-electron chi connectivity index (χ1n) is 6.29. The first-order valence-corrected chi connectivity index (χ1v) is 6.29. The van der Waals surface area contributed by atoms with Crippen LogP contribution in [0, 0.1) is 0 Å². The number of pyridine rings is 1. The third-order valence-corrected chi connectivity index (χ3v) is 3.69. The molecule has 2 aromatic rings. The van der Waals surface area contributed by atoms with E-state index in [0.29, 0.717) is 11.2 Å². The van der Waals surface area contributed by atoms with E-state index in [-0.39, 0.29) is 5.65 Å². The second kappa shape index (κ2) is 4.86. The Hall–Kier alpha value is -1.84. The standard InChI is InChI=1S/C12H14F2N4O3/c13-4-12(14)9(20)7(3-19)21-11(12)18-5-17-8-6(15)1-2-16-10(8)18/h1-2,5,7,9,11,19-20H,3-4H2,(H2,15,16)/t7-,9-,11?,12-/m1/s1. The summed E-state index contributed by atoms with van der Waals surface area (Å²) in [5, 5.41) is 18.9. The highest BCUT2D eigenvalue weighted by molar-refractivity contribution is 5.83. The quantitative estimate of drug-likeness (QED) is 0.733. The van der Waals surface area contributed by atoms with Crippen molar-refractivity contribution in [2.75, 3.05) is 19.0 Å². The minimum atomic E-state index is -2.70. The van der Waals surface area contributed by atoms with Gasteiger partial charge in [-0.3, -0.25) is 4.57 Å². The van der Waals surface area contributed by atoms with Crippen LogP contribution in [-0.4, -0.2) is 55.9 Å². The van der Waals surface area contributed by atoms with E-state index in [9.17, 15) is 13.9 Å². The lowest BCUT2D eigenvalue weighted by Crippen LogP contribution is -2.45. The zero-order valence-corrected chi connectivity index (χ0v) is 10.9. The molecule has 4 atom stereocenters. The van der Waals surface area contributed by atoms with Crippen LogP contribution < -0.4 is 5.73 Å². The number of hydrogen-bond acceptors (Lipinski definition) is 6. The molecule has 0 aliphatic carbocycles. The largest absolute Gasteiger partial charge is 0.397 e. The number of hydrogen-bond donors (Lipinski definition) is 3. The predicted molar refractivity (Wildman–Crippen MR) is 68.8 cm³/mol. The van der Waals surface area contributed by atoms with Gasteiger partial charge < -0.3 is 20.7 Å². The van der Waals surface area contributed by atoms with Gasteiger partial charge in [0.25, 0.3) is 0 Å². The molecule has 0 bridgehead atoms. The molecule has 1 saturated heterocycles. The summed E-state index contributed by atoms with van der Waals surface area (Å²) >= 11 is 0. The van der Waals surface area contributed by atoms with Gasteiger partial charge in [-0.05, 0) is 6.07 Å². The Morgan fingerprint density at radius 2 is 2.24 bits per heavy atom. The highest BCUT2D eigenvalue weighted by Gasteiger charge is 2.58. The number of nitrogen functional groups attached to an aromatic ring is 1. The first-order chi connectivity index (χ1) is 10.0. The van der Waals surface area contributed by atoms with Crippen molar-refractivity contribution in [2.45, 2.75) is 24.1 Å². The second-order valence-corrected chi connectivity index (χ2v) is 4.94. The summed E-state index contributed by atoms with van der Waals surface area (Å²) in [7, 11) is 0. The van der Waals surface area contributed by atoms with E-state index in [0.717, 1.165) is 0 Å². The van der Waals surface area contributed by atoms with E-state index in [1.54, 1.807) is 0 Å². The fourth-order valence-corrected chi connectivity index (χ4v) is 2.52. The van der Waals surface area contributed by atoms with Crippen LogP contribution in [-0.2, 0) is 4.74 Å². The summed E-state index contributed by atoms with van der Waals surface area (Å²) in [6.07, 6.45) is -1.89. The molecule has 0 radical (unpaired) electrons. The van der Waals surface area contributed by atoms with Crippen LogP contribution >= 0.6 is 0 Å². The van der Waals surface area contributed by atoms with Gasteiger partial charge in [-0.25, -0.2) is 18.7 Å². The number of nitrogens with two attached hydrogens (primary N) is 1. The van der Waals surface area contributed by atoms with Gasteiger partial charge in [0.15, 0.2) is 11.9 Å². The number of fused-ring (bicyclic) bond motifs is 1. The average molecular weight is 300 g/mol. The van der Waals surface area contributed by atoms with Crippen LogP contribution in [0.2, 0.25) is 0 Å². The van der Waals surface area contributed by atoms with Crippen LogP contribution in [0.25, 0.3) is 11.2 Å². The van der Waals surface area contributed by atoms with Gasteiger partial charge in [0.1, 0.15) is 24.4 Å². The molecule has 3 rings (SSSR count). The van der Waals surface area contributed by atoms with Gasteiger partial charge >= 0.3 is 0 Å². The maximum atomic E-state index is 14.8. The number of anilines is 1. The number of imidazole rings is 1. The maximum Gasteiger partial charge on any atom is 0.212 e. The normalized spacial score (nSPS) is 32.9. The van der Waals surface area contributed by atoms with Gasteiger partial charge in [0.2, 0.25) is 5.67 Å². The van der Waals surface area contributed by atoms with Crippen LogP contribution in [0.4, 0.5) is 14.5 Å². The number of halogens is 2. The smallest absolute Gasteiger partial charge is 0.212 e. The molecule has 9 heteroatoms. The number of nitrogens with zero attached hydrogens (tertiary/aromatic N) is 3. The number of aromatic nitrogens is 3. The van der Waals surface area contributed by atoms with E-state index < -0.39 is 37.4 Å². The molecule has 114 valence electrons. The Morgan fingerprint density at radius 1 is 1.48 bits per heavy atom. The highest BCUT2D eigenvalue weighted by Crippen LogP contribution is 2.43. The molecule has 21 heavy (non-hydrogen) atoms. The van der Waals surface area contributed by atoms with Gasteiger partial charge in [0, 0.05) is 6.20 Å². The number of rotatable bonds is 3. The van der Waals surface area contributed by atoms with E-state index in [1.165, 1.54) is 23.2 Å². The third kappa shape index (κ3) is 1.88. The number of alkyl halides is 2. The molecule has 1 unspecified atom stereocenters. The number of ether oxygens (including phenoxy) is 1. The van der Waals surface area contributed by atoms with Crippen molar-refractivity contribution < 1.29 is 23.7 Å². The summed E-state index contributed by atoms with van der Waals surface area (Å²) in [4.78, 5) is 8.03. The Kier molecular flexibility index (Phi) is 3.27. The molecule has 4 N–H and O–H groups in total. The lowest BCUT2D eigenvalue weighted by molar-refractivity contribution is -0.0689. The van der Waals surface area contributed by atoms with Crippen LogP contribution in [0.15, 0.2) is 18.6 Å². The Morgan fingerprint density at radius 3 is 2.90 bits per heavy atom. The van der Waals surface area contributed by atoms with Crippen LogP contribution in [0.5, 0.6) is 0 Å². The third-order valence-electron chi connectivity index (χ3n) is 3.69. The molecule has 0 saturated carbocycles. The van der Waals surface area contributed by atoms with Crippen molar-refractivity contribution in [3.8, 4) is 0 Å². The van der Waals surface area contributed by atoms with Gasteiger partial charge in [0.05, 0.1) is 18.6 Å². The zero-order chi connectivity index (χ0) is 15.2. The number of aliphatic hydroxyl groups is 2. The minimum Gasteiger partial charge on any atom is -0.397 e. The molecule has 7 nitrogen and oxygen atoms in total. The fourth-order valence-electron chi connectivity index (χ4n) is 2.52. The molecule has 2 aromatic heterocycles. The maximum absolute atomic E-state index is 14.8. The second-order valence-electron chi connectivity index (χ2n) is 4.94. The predicted octanol–water partition coefficient (Wildman–Crippen LogP) is -0.0581. The Labute approximate surface area is 118 Å². The van der Waals surface area contributed by atoms with Crippen molar-refractivity contribution in [3.05, 3.63) is 18.6 Å². The monoisotopic (exact) mass is 300 g/mol. The Balaban J connectivity index is 2.11. The summed E-state index contributed by atoms with van der Waals surface area (Å²) in [5.41, 5.74) is 3.90. The van der Waals surface area contributed by atoms with Crippen molar-refractivity contribution >= 4 is 16.9 Å². The van der Waals surface area contributed by atoms with Gasteiger partial charge in [-0.2, -0.15) is 0 Å². The van der Waals surface area contributed by atoms with E-state index >= 15 is 0 Å². The molecule has 0 spiro atoms. The molecular formula is C12H14F2N4O3. The summed E-state index contributed by atoms with van der Waals surface area (Å²) < 4.78 is 34.4. The highest BCUT2D eigenvalue weighted by atomic mass is 19.2. The summed E-state index contributed by atoms with van der Waals surface area (Å²) in [6.45, 7) is -2.11. The average Bonchev–Trinajstić information content (AvgIpc) is 3.01. The minimum absolute atomic E-state index is 0.210. The first kappa shape index (κ1) is 14.1. The summed E-state index contributed by atoms with van der Waals surface area (Å²) in [6, 6.07) is 1.53. The lowest BCUT2D eigenvalue weighted by Gasteiger charge is -2.25.